The molecular formula is C22H36NO5S-. The van der Waals surface area contributed by atoms with Crippen molar-refractivity contribution >= 4 is 22.1 Å². The summed E-state index contributed by atoms with van der Waals surface area (Å²) in [6.07, 6.45) is 1.51. The molecule has 1 aromatic carbocycles. The van der Waals surface area contributed by atoms with Crippen molar-refractivity contribution in [3.8, 4) is 0 Å². The first kappa shape index (κ1) is 25.4. The van der Waals surface area contributed by atoms with Crippen LogP contribution >= 0.6 is 0 Å². The summed E-state index contributed by atoms with van der Waals surface area (Å²) in [6, 6.07) is 3.66. The fraction of sp³-hybridized carbons (Fsp3) is 0.682. The highest BCUT2D eigenvalue weighted by Gasteiger charge is 2.35. The van der Waals surface area contributed by atoms with Gasteiger partial charge in [0, 0.05) is 0 Å². The Morgan fingerprint density at radius 2 is 1.48 bits per heavy atom. The van der Waals surface area contributed by atoms with Crippen molar-refractivity contribution in [3.63, 3.8) is 0 Å². The molecule has 0 aliphatic carbocycles. The molecule has 1 amide bonds. The lowest BCUT2D eigenvalue weighted by molar-refractivity contribution is -0.244. The number of amides is 1. The number of hydrogen-bond donors (Lipinski definition) is 0. The van der Waals surface area contributed by atoms with E-state index in [1.54, 1.807) is 0 Å². The minimum atomic E-state index is -4.57. The van der Waals surface area contributed by atoms with Crippen molar-refractivity contribution < 1.29 is 22.5 Å². The summed E-state index contributed by atoms with van der Waals surface area (Å²) in [5, 5.41) is 12.1. The molecule has 0 heterocycles. The van der Waals surface area contributed by atoms with Crippen LogP contribution in [0.25, 0.3) is 0 Å². The number of rotatable bonds is 8. The molecule has 1 aromatic rings. The van der Waals surface area contributed by atoms with Crippen LogP contribution in [0, 0.1) is 6.92 Å². The summed E-state index contributed by atoms with van der Waals surface area (Å²) in [7, 11) is -4.57. The van der Waals surface area contributed by atoms with Crippen LogP contribution in [0.3, 0.4) is 0 Å². The van der Waals surface area contributed by atoms with E-state index in [1.807, 2.05) is 60.6 Å². The number of carbonyl (C=O) groups is 1. The summed E-state index contributed by atoms with van der Waals surface area (Å²) >= 11 is 0. The molecule has 29 heavy (non-hydrogen) atoms. The minimum absolute atomic E-state index is 0.0618. The Morgan fingerprint density at radius 3 is 1.86 bits per heavy atom. The van der Waals surface area contributed by atoms with Gasteiger partial charge in [-0.2, -0.15) is 12.7 Å². The van der Waals surface area contributed by atoms with E-state index in [-0.39, 0.29) is 12.3 Å². The second-order valence-electron chi connectivity index (χ2n) is 9.58. The van der Waals surface area contributed by atoms with Gasteiger partial charge in [-0.3, -0.25) is 4.18 Å². The Bertz CT molecular complexity index is 782. The van der Waals surface area contributed by atoms with E-state index in [4.69, 9.17) is 4.18 Å². The van der Waals surface area contributed by atoms with E-state index in [9.17, 15) is 18.3 Å². The van der Waals surface area contributed by atoms with Crippen LogP contribution in [0.1, 0.15) is 90.8 Å². The van der Waals surface area contributed by atoms with Crippen LogP contribution in [0.2, 0.25) is 0 Å². The molecule has 0 saturated heterocycles. The van der Waals surface area contributed by atoms with E-state index in [0.717, 1.165) is 24.8 Å². The molecule has 0 saturated carbocycles. The predicted octanol–water partition coefficient (Wildman–Crippen LogP) is 4.58. The molecule has 0 fully saturated rings. The molecule has 0 spiro atoms. The highest BCUT2D eigenvalue weighted by atomic mass is 32.2. The second kappa shape index (κ2) is 9.47. The second-order valence-corrected chi connectivity index (χ2v) is 11.0. The van der Waals surface area contributed by atoms with Crippen molar-refractivity contribution in [1.82, 2.24) is 0 Å². The first-order chi connectivity index (χ1) is 13.1. The summed E-state index contributed by atoms with van der Waals surface area (Å²) < 4.78 is 31.3. The van der Waals surface area contributed by atoms with Gasteiger partial charge in [-0.25, -0.2) is 0 Å². The van der Waals surface area contributed by atoms with Crippen LogP contribution in [0.15, 0.2) is 12.1 Å². The van der Waals surface area contributed by atoms with Gasteiger partial charge in [0.15, 0.2) is 6.09 Å². The topological polar surface area (TPSA) is 86.7 Å². The van der Waals surface area contributed by atoms with Gasteiger partial charge in [-0.05, 0) is 35.3 Å². The normalized spacial score (nSPS) is 12.8. The minimum Gasteiger partial charge on any atom is -0.529 e. The highest BCUT2D eigenvalue weighted by molar-refractivity contribution is 7.89. The summed E-state index contributed by atoms with van der Waals surface area (Å²) in [6.45, 7) is 15.4. The van der Waals surface area contributed by atoms with Crippen molar-refractivity contribution in [2.75, 3.05) is 10.9 Å². The highest BCUT2D eigenvalue weighted by Crippen LogP contribution is 2.42. The largest absolute Gasteiger partial charge is 0.529 e. The monoisotopic (exact) mass is 426 g/mol. The maximum Gasteiger partial charge on any atom is 0.367 e. The molecule has 1 rings (SSSR count). The standard InChI is InChI=1S/C22H37NO5S/c1-9-10-11-12-13-28-29(26,27)23(20(24)25)19-17(21(3,4)5)14-16(2)15-18(19)22(6,7)8/h14-15H,9-13H2,1-8H3,(H,24,25)/p-1. The van der Waals surface area contributed by atoms with Crippen LogP contribution in [0.5, 0.6) is 0 Å². The number of benzene rings is 1. The predicted molar refractivity (Wildman–Crippen MR) is 115 cm³/mol. The van der Waals surface area contributed by atoms with E-state index >= 15 is 0 Å². The average Bonchev–Trinajstić information content (AvgIpc) is 2.53. The van der Waals surface area contributed by atoms with E-state index in [0.29, 0.717) is 21.9 Å². The van der Waals surface area contributed by atoms with Crippen molar-refractivity contribution in [2.45, 2.75) is 91.9 Å². The molecular weight excluding hydrogens is 390 g/mol. The third-order valence-electron chi connectivity index (χ3n) is 4.69. The number of nitrogens with zero attached hydrogens (tertiary/aromatic N) is 1. The van der Waals surface area contributed by atoms with Crippen molar-refractivity contribution in [1.29, 1.82) is 0 Å². The van der Waals surface area contributed by atoms with Gasteiger partial charge in [0.1, 0.15) is 0 Å². The van der Waals surface area contributed by atoms with E-state index in [1.165, 1.54) is 0 Å². The van der Waals surface area contributed by atoms with Gasteiger partial charge in [-0.1, -0.05) is 85.4 Å². The van der Waals surface area contributed by atoms with Crippen LogP contribution in [-0.4, -0.2) is 21.1 Å². The molecule has 0 aromatic heterocycles. The maximum atomic E-state index is 12.9. The van der Waals surface area contributed by atoms with Crippen molar-refractivity contribution in [3.05, 3.63) is 28.8 Å². The molecule has 0 atom stereocenters. The quantitative estimate of drug-likeness (QED) is 0.568. The molecule has 6 nitrogen and oxygen atoms in total. The molecule has 166 valence electrons. The van der Waals surface area contributed by atoms with Gasteiger partial charge < -0.3 is 9.90 Å². The van der Waals surface area contributed by atoms with Gasteiger partial charge in [0.05, 0.1) is 12.3 Å². The first-order valence-electron chi connectivity index (χ1n) is 10.2. The Morgan fingerprint density at radius 1 is 1.00 bits per heavy atom. The first-order valence-corrected chi connectivity index (χ1v) is 11.6. The zero-order chi connectivity index (χ0) is 22.6. The molecule has 0 radical (unpaired) electrons. The zero-order valence-corrected chi connectivity index (χ0v) is 19.9. The SMILES string of the molecule is CCCCCCOS(=O)(=O)N(C(=O)[O-])c1c(C(C)(C)C)cc(C)cc1C(C)(C)C. The Balaban J connectivity index is 3.61. The smallest absolute Gasteiger partial charge is 0.367 e. The molecule has 0 unspecified atom stereocenters. The van der Waals surface area contributed by atoms with Crippen LogP contribution in [-0.2, 0) is 25.3 Å². The molecule has 0 aliphatic rings. The Kier molecular flexibility index (Phi) is 8.31. The van der Waals surface area contributed by atoms with Crippen LogP contribution in [0.4, 0.5) is 10.5 Å². The Hall–Kier alpha value is -1.60. The fourth-order valence-electron chi connectivity index (χ4n) is 3.18. The third-order valence-corrected chi connectivity index (χ3v) is 5.94. The number of hydrogen-bond acceptors (Lipinski definition) is 5. The number of anilines is 1. The van der Waals surface area contributed by atoms with Gasteiger partial charge in [0.2, 0.25) is 0 Å². The van der Waals surface area contributed by atoms with Crippen molar-refractivity contribution in [2.24, 2.45) is 0 Å². The molecule has 7 heteroatoms. The maximum absolute atomic E-state index is 12.9. The lowest BCUT2D eigenvalue weighted by Gasteiger charge is -2.36. The number of carboxylic acid groups (broad SMARTS) is 1. The summed E-state index contributed by atoms with van der Waals surface area (Å²) in [5.41, 5.74) is 1.29. The van der Waals surface area contributed by atoms with Crippen LogP contribution < -0.4 is 9.41 Å². The Labute approximate surface area is 176 Å². The lowest BCUT2D eigenvalue weighted by Crippen LogP contribution is -2.48. The third kappa shape index (κ3) is 6.71. The number of unbranched alkanes of at least 4 members (excludes halogenated alkanes) is 3. The number of aryl methyl sites for hydroxylation is 1. The van der Waals surface area contributed by atoms with E-state index in [2.05, 4.69) is 6.92 Å². The lowest BCUT2D eigenvalue weighted by atomic mass is 9.77. The molecule has 0 bridgehead atoms. The summed E-state index contributed by atoms with van der Waals surface area (Å²) in [4.78, 5) is 12.1. The zero-order valence-electron chi connectivity index (χ0n) is 19.1. The fourth-order valence-corrected chi connectivity index (χ4v) is 4.22. The van der Waals surface area contributed by atoms with Gasteiger partial charge >= 0.3 is 10.3 Å². The molecule has 0 aliphatic heterocycles. The summed E-state index contributed by atoms with van der Waals surface area (Å²) in [5.74, 6) is 0. The molecule has 0 N–H and O–H groups in total. The number of carbonyl (C=O) groups excluding carboxylic acids is 1. The van der Waals surface area contributed by atoms with Gasteiger partial charge in [0.25, 0.3) is 0 Å². The average molecular weight is 427 g/mol. The van der Waals surface area contributed by atoms with Gasteiger partial charge in [-0.15, -0.1) is 0 Å². The van der Waals surface area contributed by atoms with E-state index < -0.39 is 27.2 Å².